The maximum Gasteiger partial charge on any atom is 0.224 e. The van der Waals surface area contributed by atoms with Crippen molar-refractivity contribution in [2.45, 2.75) is 13.0 Å². The first kappa shape index (κ1) is 14.0. The van der Waals surface area contributed by atoms with Gasteiger partial charge in [0.25, 0.3) is 0 Å². The Bertz CT molecular complexity index is 501. The van der Waals surface area contributed by atoms with E-state index in [1.807, 2.05) is 31.2 Å². The monoisotopic (exact) mass is 333 g/mol. The van der Waals surface area contributed by atoms with Crippen molar-refractivity contribution in [1.82, 2.24) is 4.31 Å². The molecule has 6 heteroatoms. The molecule has 1 aliphatic heterocycles. The molecule has 1 aromatic carbocycles. The van der Waals surface area contributed by atoms with Crippen molar-refractivity contribution in [2.24, 2.45) is 0 Å². The average molecular weight is 334 g/mol. The normalized spacial score (nSPS) is 22.0. The van der Waals surface area contributed by atoms with E-state index in [0.29, 0.717) is 19.7 Å². The fourth-order valence-corrected chi connectivity index (χ4v) is 3.65. The van der Waals surface area contributed by atoms with Crippen molar-refractivity contribution in [2.75, 3.05) is 24.4 Å². The Morgan fingerprint density at radius 3 is 2.67 bits per heavy atom. The first-order chi connectivity index (χ1) is 8.53. The maximum atomic E-state index is 11.8. The molecule has 0 aromatic heterocycles. The van der Waals surface area contributed by atoms with Crippen LogP contribution in [0.1, 0.15) is 17.2 Å². The summed E-state index contributed by atoms with van der Waals surface area (Å²) in [5, 5.41) is 0. The molecular formula is C12H16BrNO3S. The quantitative estimate of drug-likeness (QED) is 0.795. The third-order valence-corrected chi connectivity index (χ3v) is 6.14. The SMILES string of the molecule is Cc1ccc(C2CN(S(=O)(=O)CBr)CCO2)cc1. The highest BCUT2D eigenvalue weighted by molar-refractivity contribution is 9.10. The van der Waals surface area contributed by atoms with Crippen LogP contribution in [0.4, 0.5) is 0 Å². The van der Waals surface area contributed by atoms with Crippen LogP contribution in [0.2, 0.25) is 0 Å². The van der Waals surface area contributed by atoms with Crippen LogP contribution >= 0.6 is 15.9 Å². The van der Waals surface area contributed by atoms with E-state index in [4.69, 9.17) is 4.74 Å². The van der Waals surface area contributed by atoms with Gasteiger partial charge >= 0.3 is 0 Å². The van der Waals surface area contributed by atoms with Crippen molar-refractivity contribution in [3.05, 3.63) is 35.4 Å². The Kier molecular flexibility index (Phi) is 4.42. The smallest absolute Gasteiger partial charge is 0.224 e. The van der Waals surface area contributed by atoms with Gasteiger partial charge in [-0.15, -0.1) is 0 Å². The summed E-state index contributed by atoms with van der Waals surface area (Å²) in [5.41, 5.74) is 2.20. The Balaban J connectivity index is 2.14. The van der Waals surface area contributed by atoms with E-state index in [1.165, 1.54) is 9.87 Å². The molecule has 0 N–H and O–H groups in total. The molecule has 0 bridgehead atoms. The standard InChI is InChI=1S/C12H16BrNO3S/c1-10-2-4-11(5-3-10)12-8-14(6-7-17-12)18(15,16)9-13/h2-5,12H,6-9H2,1H3. The third kappa shape index (κ3) is 3.12. The summed E-state index contributed by atoms with van der Waals surface area (Å²) in [4.78, 5) is 0. The molecule has 1 unspecified atom stereocenters. The van der Waals surface area contributed by atoms with E-state index >= 15 is 0 Å². The van der Waals surface area contributed by atoms with Crippen molar-refractivity contribution in [1.29, 1.82) is 0 Å². The van der Waals surface area contributed by atoms with E-state index in [2.05, 4.69) is 15.9 Å². The highest BCUT2D eigenvalue weighted by Crippen LogP contribution is 2.24. The molecular weight excluding hydrogens is 318 g/mol. The van der Waals surface area contributed by atoms with Crippen molar-refractivity contribution < 1.29 is 13.2 Å². The minimum atomic E-state index is -3.20. The molecule has 0 aliphatic carbocycles. The molecule has 18 heavy (non-hydrogen) atoms. The minimum Gasteiger partial charge on any atom is -0.371 e. The lowest BCUT2D eigenvalue weighted by molar-refractivity contribution is -0.00238. The van der Waals surface area contributed by atoms with Crippen LogP contribution in [0.3, 0.4) is 0 Å². The molecule has 0 spiro atoms. The summed E-state index contributed by atoms with van der Waals surface area (Å²) in [5.74, 6) is 0. The van der Waals surface area contributed by atoms with Crippen LogP contribution in [-0.2, 0) is 14.8 Å². The topological polar surface area (TPSA) is 46.6 Å². The summed E-state index contributed by atoms with van der Waals surface area (Å²) in [7, 11) is -3.20. The summed E-state index contributed by atoms with van der Waals surface area (Å²) in [6, 6.07) is 8.00. The zero-order valence-electron chi connectivity index (χ0n) is 10.2. The number of benzene rings is 1. The Morgan fingerprint density at radius 1 is 1.39 bits per heavy atom. The van der Waals surface area contributed by atoms with E-state index in [0.717, 1.165) is 5.56 Å². The Morgan fingerprint density at radius 2 is 2.06 bits per heavy atom. The van der Waals surface area contributed by atoms with Crippen LogP contribution in [0.25, 0.3) is 0 Å². The third-order valence-electron chi connectivity index (χ3n) is 3.01. The molecule has 1 aromatic rings. The Labute approximate surface area is 116 Å². The summed E-state index contributed by atoms with van der Waals surface area (Å²) >= 11 is 3.02. The van der Waals surface area contributed by atoms with Crippen LogP contribution in [0.5, 0.6) is 0 Å². The predicted octanol–water partition coefficient (Wildman–Crippen LogP) is 2.05. The lowest BCUT2D eigenvalue weighted by Gasteiger charge is -2.32. The van der Waals surface area contributed by atoms with Gasteiger partial charge in [0.2, 0.25) is 10.0 Å². The molecule has 1 heterocycles. The van der Waals surface area contributed by atoms with E-state index in [1.54, 1.807) is 0 Å². The van der Waals surface area contributed by atoms with Crippen molar-refractivity contribution in [3.63, 3.8) is 0 Å². The van der Waals surface area contributed by atoms with Gasteiger partial charge < -0.3 is 4.74 Å². The molecule has 0 radical (unpaired) electrons. The number of aryl methyl sites for hydroxylation is 1. The fraction of sp³-hybridized carbons (Fsp3) is 0.500. The molecule has 1 fully saturated rings. The molecule has 1 aliphatic rings. The van der Waals surface area contributed by atoms with Gasteiger partial charge in [0.15, 0.2) is 0 Å². The number of halogens is 1. The lowest BCUT2D eigenvalue weighted by atomic mass is 10.1. The van der Waals surface area contributed by atoms with Gasteiger partial charge in [-0.1, -0.05) is 45.8 Å². The first-order valence-corrected chi connectivity index (χ1v) is 8.48. The first-order valence-electron chi connectivity index (χ1n) is 5.75. The maximum absolute atomic E-state index is 11.8. The van der Waals surface area contributed by atoms with Gasteiger partial charge in [-0.05, 0) is 12.5 Å². The van der Waals surface area contributed by atoms with Crippen LogP contribution < -0.4 is 0 Å². The molecule has 1 saturated heterocycles. The lowest BCUT2D eigenvalue weighted by Crippen LogP contribution is -2.42. The van der Waals surface area contributed by atoms with Gasteiger partial charge in [0.1, 0.15) is 4.66 Å². The van der Waals surface area contributed by atoms with E-state index in [-0.39, 0.29) is 10.8 Å². The van der Waals surface area contributed by atoms with Gasteiger partial charge in [-0.2, -0.15) is 4.31 Å². The highest BCUT2D eigenvalue weighted by atomic mass is 79.9. The Hall–Kier alpha value is -0.430. The second-order valence-electron chi connectivity index (χ2n) is 4.35. The van der Waals surface area contributed by atoms with E-state index < -0.39 is 10.0 Å². The van der Waals surface area contributed by atoms with Crippen LogP contribution in [0.15, 0.2) is 24.3 Å². The number of morpholine rings is 1. The van der Waals surface area contributed by atoms with Crippen molar-refractivity contribution >= 4 is 26.0 Å². The highest BCUT2D eigenvalue weighted by Gasteiger charge is 2.29. The molecule has 0 saturated carbocycles. The van der Waals surface area contributed by atoms with Gasteiger partial charge in [-0.25, -0.2) is 8.42 Å². The summed E-state index contributed by atoms with van der Waals surface area (Å²) in [6.45, 7) is 3.27. The number of alkyl halides is 1. The summed E-state index contributed by atoms with van der Waals surface area (Å²) < 4.78 is 30.7. The zero-order chi connectivity index (χ0) is 13.2. The molecule has 0 amide bonds. The number of nitrogens with zero attached hydrogens (tertiary/aromatic N) is 1. The number of rotatable bonds is 3. The summed E-state index contributed by atoms with van der Waals surface area (Å²) in [6.07, 6.45) is -0.173. The van der Waals surface area contributed by atoms with Gasteiger partial charge in [-0.3, -0.25) is 0 Å². The van der Waals surface area contributed by atoms with Crippen LogP contribution in [-0.4, -0.2) is 37.1 Å². The van der Waals surface area contributed by atoms with Crippen LogP contribution in [0, 0.1) is 6.92 Å². The number of hydrogen-bond donors (Lipinski definition) is 0. The largest absolute Gasteiger partial charge is 0.371 e. The molecule has 100 valence electrons. The minimum absolute atomic E-state index is 0.0411. The fourth-order valence-electron chi connectivity index (χ4n) is 1.93. The second-order valence-corrected chi connectivity index (χ2v) is 7.62. The predicted molar refractivity (Wildman–Crippen MR) is 74.2 cm³/mol. The second kappa shape index (κ2) is 5.69. The van der Waals surface area contributed by atoms with Crippen molar-refractivity contribution in [3.8, 4) is 0 Å². The van der Waals surface area contributed by atoms with Gasteiger partial charge in [0.05, 0.1) is 12.7 Å². The number of hydrogen-bond acceptors (Lipinski definition) is 3. The van der Waals surface area contributed by atoms with E-state index in [9.17, 15) is 8.42 Å². The molecule has 2 rings (SSSR count). The number of sulfonamides is 1. The zero-order valence-corrected chi connectivity index (χ0v) is 12.6. The average Bonchev–Trinajstić information content (AvgIpc) is 2.40. The number of ether oxygens (including phenoxy) is 1. The molecule has 1 atom stereocenters. The van der Waals surface area contributed by atoms with Gasteiger partial charge in [0, 0.05) is 13.1 Å². The molecule has 4 nitrogen and oxygen atoms in total.